The van der Waals surface area contributed by atoms with Crippen LogP contribution in [-0.2, 0) is 0 Å². The number of hydrogen-bond donors (Lipinski definition) is 2. The van der Waals surface area contributed by atoms with Crippen LogP contribution < -0.4 is 10.6 Å². The Bertz CT molecular complexity index is 837. The van der Waals surface area contributed by atoms with E-state index in [9.17, 15) is 0 Å². The lowest BCUT2D eigenvalue weighted by Gasteiger charge is -2.24. The van der Waals surface area contributed by atoms with E-state index in [0.29, 0.717) is 12.0 Å². The van der Waals surface area contributed by atoms with Crippen molar-refractivity contribution >= 4 is 17.5 Å². The minimum absolute atomic E-state index is 0.469. The summed E-state index contributed by atoms with van der Waals surface area (Å²) in [7, 11) is 0. The highest BCUT2D eigenvalue weighted by Crippen LogP contribution is 2.30. The van der Waals surface area contributed by atoms with Gasteiger partial charge in [-0.1, -0.05) is 37.0 Å². The zero-order valence-electron chi connectivity index (χ0n) is 15.0. The van der Waals surface area contributed by atoms with Gasteiger partial charge in [-0.15, -0.1) is 0 Å². The number of benzene rings is 1. The van der Waals surface area contributed by atoms with Gasteiger partial charge in [0.05, 0.1) is 12.5 Å². The number of aromatic nitrogens is 2. The molecule has 0 amide bonds. The Hall–Kier alpha value is -2.82. The molecule has 2 aromatic heterocycles. The van der Waals surface area contributed by atoms with Gasteiger partial charge < -0.3 is 15.1 Å². The molecular weight excluding hydrogens is 324 g/mol. The minimum atomic E-state index is 0.469. The first-order valence-corrected chi connectivity index (χ1v) is 9.28. The van der Waals surface area contributed by atoms with E-state index in [-0.39, 0.29) is 0 Å². The quantitative estimate of drug-likeness (QED) is 0.634. The Morgan fingerprint density at radius 3 is 2.58 bits per heavy atom. The average Bonchev–Trinajstić information content (AvgIpc) is 3.19. The molecule has 0 aliphatic heterocycles. The molecule has 2 N–H and O–H groups in total. The van der Waals surface area contributed by atoms with Gasteiger partial charge in [0.2, 0.25) is 5.95 Å². The lowest BCUT2D eigenvalue weighted by molar-refractivity contribution is 0.462. The molecule has 1 aromatic carbocycles. The van der Waals surface area contributed by atoms with Gasteiger partial charge in [-0.3, -0.25) is 0 Å². The molecule has 5 heteroatoms. The number of nitrogens with one attached hydrogen (secondary N) is 2. The largest absolute Gasteiger partial charge is 0.472 e. The maximum atomic E-state index is 5.25. The second-order valence-electron chi connectivity index (χ2n) is 6.94. The van der Waals surface area contributed by atoms with Gasteiger partial charge in [0.25, 0.3) is 0 Å². The number of anilines is 3. The van der Waals surface area contributed by atoms with Crippen molar-refractivity contribution in [2.24, 2.45) is 0 Å². The predicted molar refractivity (Wildman–Crippen MR) is 105 cm³/mol. The first-order valence-electron chi connectivity index (χ1n) is 9.28. The van der Waals surface area contributed by atoms with Crippen molar-refractivity contribution in [1.29, 1.82) is 0 Å². The van der Waals surface area contributed by atoms with Crippen molar-refractivity contribution in [2.75, 3.05) is 10.6 Å². The van der Waals surface area contributed by atoms with E-state index in [2.05, 4.69) is 34.7 Å². The molecule has 0 saturated heterocycles. The van der Waals surface area contributed by atoms with E-state index in [1.165, 1.54) is 37.7 Å². The highest BCUT2D eigenvalue weighted by atomic mass is 16.3. The van der Waals surface area contributed by atoms with Crippen molar-refractivity contribution in [2.45, 2.75) is 45.1 Å². The maximum Gasteiger partial charge on any atom is 0.229 e. The van der Waals surface area contributed by atoms with Gasteiger partial charge in [-0.05, 0) is 38.0 Å². The molecule has 5 nitrogen and oxygen atoms in total. The van der Waals surface area contributed by atoms with E-state index >= 15 is 0 Å². The van der Waals surface area contributed by atoms with Crippen LogP contribution in [0.4, 0.5) is 17.5 Å². The van der Waals surface area contributed by atoms with Crippen molar-refractivity contribution < 1.29 is 4.42 Å². The first-order chi connectivity index (χ1) is 12.8. The molecule has 0 radical (unpaired) electrons. The molecule has 4 rings (SSSR count). The molecule has 0 unspecified atom stereocenters. The van der Waals surface area contributed by atoms with Crippen molar-refractivity contribution in [1.82, 2.24) is 9.97 Å². The fraction of sp³-hybridized carbons (Fsp3) is 0.333. The highest BCUT2D eigenvalue weighted by molar-refractivity contribution is 5.75. The molecule has 134 valence electrons. The summed E-state index contributed by atoms with van der Waals surface area (Å²) >= 11 is 0. The highest BCUT2D eigenvalue weighted by Gasteiger charge is 2.17. The average molecular weight is 348 g/mol. The van der Waals surface area contributed by atoms with Crippen LogP contribution in [0.3, 0.4) is 0 Å². The second-order valence-corrected chi connectivity index (χ2v) is 6.94. The molecule has 26 heavy (non-hydrogen) atoms. The Labute approximate surface area is 153 Å². The van der Waals surface area contributed by atoms with E-state index in [1.54, 1.807) is 12.5 Å². The molecular formula is C21H24N4O. The van der Waals surface area contributed by atoms with Crippen LogP contribution in [0, 0.1) is 6.92 Å². The molecule has 1 aliphatic rings. The summed E-state index contributed by atoms with van der Waals surface area (Å²) < 4.78 is 5.25. The van der Waals surface area contributed by atoms with Crippen molar-refractivity contribution in [3.63, 3.8) is 0 Å². The molecule has 0 spiro atoms. The molecule has 2 heterocycles. The van der Waals surface area contributed by atoms with Crippen LogP contribution >= 0.6 is 0 Å². The van der Waals surface area contributed by atoms with Gasteiger partial charge in [0.15, 0.2) is 0 Å². The van der Waals surface area contributed by atoms with Crippen LogP contribution in [0.25, 0.3) is 11.1 Å². The Morgan fingerprint density at radius 1 is 1.04 bits per heavy atom. The molecule has 0 bridgehead atoms. The summed E-state index contributed by atoms with van der Waals surface area (Å²) in [5.74, 6) is 1.46. The van der Waals surface area contributed by atoms with Gasteiger partial charge in [0, 0.05) is 29.1 Å². The molecule has 1 aliphatic carbocycles. The Balaban J connectivity index is 1.61. The summed E-state index contributed by atoms with van der Waals surface area (Å²) in [5.41, 5.74) is 4.17. The molecule has 0 atom stereocenters. The monoisotopic (exact) mass is 348 g/mol. The second kappa shape index (κ2) is 7.60. The lowest BCUT2D eigenvalue weighted by atomic mass is 9.95. The third-order valence-electron chi connectivity index (χ3n) is 4.87. The molecule has 3 aromatic rings. The van der Waals surface area contributed by atoms with Crippen LogP contribution in [0.5, 0.6) is 0 Å². The van der Waals surface area contributed by atoms with Crippen molar-refractivity contribution in [3.05, 3.63) is 54.6 Å². The van der Waals surface area contributed by atoms with Crippen LogP contribution in [0.2, 0.25) is 0 Å². The lowest BCUT2D eigenvalue weighted by Crippen LogP contribution is -2.23. The third-order valence-corrected chi connectivity index (χ3v) is 4.87. The number of aryl methyl sites for hydroxylation is 1. The number of nitrogens with zero attached hydrogens (tertiary/aromatic N) is 2. The molecule has 1 fully saturated rings. The number of furan rings is 1. The van der Waals surface area contributed by atoms with E-state index in [0.717, 1.165) is 22.6 Å². The standard InChI is InChI=1S/C21H24N4O/c1-15-7-9-18(10-8-15)24-21-22-13-19(16-11-12-26-14-16)20(25-21)23-17-5-3-2-4-6-17/h7-14,17H,2-6H2,1H3,(H2,22,23,24,25). The fourth-order valence-electron chi connectivity index (χ4n) is 3.39. The summed E-state index contributed by atoms with van der Waals surface area (Å²) in [4.78, 5) is 9.27. The van der Waals surface area contributed by atoms with Gasteiger partial charge in [-0.25, -0.2) is 4.98 Å². The summed E-state index contributed by atoms with van der Waals surface area (Å²) in [6.45, 7) is 2.08. The van der Waals surface area contributed by atoms with Crippen LogP contribution in [0.15, 0.2) is 53.5 Å². The maximum absolute atomic E-state index is 5.25. The minimum Gasteiger partial charge on any atom is -0.472 e. The van der Waals surface area contributed by atoms with Gasteiger partial charge >= 0.3 is 0 Å². The fourth-order valence-corrected chi connectivity index (χ4v) is 3.39. The predicted octanol–water partition coefficient (Wildman–Crippen LogP) is 5.53. The van der Waals surface area contributed by atoms with Gasteiger partial charge in [-0.2, -0.15) is 4.98 Å². The zero-order chi connectivity index (χ0) is 17.8. The SMILES string of the molecule is Cc1ccc(Nc2ncc(-c3ccoc3)c(NC3CCCCC3)n2)cc1. The van der Waals surface area contributed by atoms with E-state index in [1.807, 2.05) is 24.4 Å². The first kappa shape index (κ1) is 16.6. The third kappa shape index (κ3) is 3.87. The van der Waals surface area contributed by atoms with Crippen LogP contribution in [-0.4, -0.2) is 16.0 Å². The number of rotatable bonds is 5. The smallest absolute Gasteiger partial charge is 0.229 e. The molecule has 1 saturated carbocycles. The zero-order valence-corrected chi connectivity index (χ0v) is 15.0. The van der Waals surface area contributed by atoms with Gasteiger partial charge in [0.1, 0.15) is 5.82 Å². The summed E-state index contributed by atoms with van der Waals surface area (Å²) in [6, 6.07) is 10.6. The van der Waals surface area contributed by atoms with Crippen LogP contribution in [0.1, 0.15) is 37.7 Å². The Kier molecular flexibility index (Phi) is 4.86. The number of hydrogen-bond acceptors (Lipinski definition) is 5. The summed E-state index contributed by atoms with van der Waals surface area (Å²) in [6.07, 6.45) is 11.5. The Morgan fingerprint density at radius 2 is 1.85 bits per heavy atom. The van der Waals surface area contributed by atoms with Crippen molar-refractivity contribution in [3.8, 4) is 11.1 Å². The topological polar surface area (TPSA) is 63.0 Å². The van der Waals surface area contributed by atoms with E-state index < -0.39 is 0 Å². The summed E-state index contributed by atoms with van der Waals surface area (Å²) in [5, 5.41) is 6.94. The normalized spacial score (nSPS) is 15.0. The van der Waals surface area contributed by atoms with E-state index in [4.69, 9.17) is 9.40 Å².